The number of H-pyrrole nitrogens is 1. The predicted molar refractivity (Wildman–Crippen MR) is 78.3 cm³/mol. The average Bonchev–Trinajstić information content (AvgIpc) is 3.28. The summed E-state index contributed by atoms with van der Waals surface area (Å²) in [5, 5.41) is 3.84. The monoisotopic (exact) mass is 270 g/mol. The summed E-state index contributed by atoms with van der Waals surface area (Å²) < 4.78 is 0. The lowest BCUT2D eigenvalue weighted by molar-refractivity contribution is -0.125. The number of pyridine rings is 1. The quantitative estimate of drug-likeness (QED) is 0.894. The number of hydrogen-bond donors (Lipinski definition) is 2. The Hall–Kier alpha value is -2.10. The fourth-order valence-corrected chi connectivity index (χ4v) is 2.48. The molecule has 4 heteroatoms. The van der Waals surface area contributed by atoms with E-state index in [1.807, 2.05) is 37.3 Å². The maximum absolute atomic E-state index is 12.0. The largest absolute Gasteiger partial charge is 0.352 e. The Kier molecular flexibility index (Phi) is 3.30. The lowest BCUT2D eigenvalue weighted by Crippen LogP contribution is -2.31. The lowest BCUT2D eigenvalue weighted by Gasteiger charge is -2.11. The van der Waals surface area contributed by atoms with Crippen molar-refractivity contribution in [1.82, 2.24) is 10.3 Å². The molecule has 1 aliphatic carbocycles. The molecule has 0 spiro atoms. The van der Waals surface area contributed by atoms with Crippen LogP contribution < -0.4 is 10.9 Å². The van der Waals surface area contributed by atoms with Crippen molar-refractivity contribution < 1.29 is 4.79 Å². The third-order valence-corrected chi connectivity index (χ3v) is 4.03. The first-order valence-electron chi connectivity index (χ1n) is 7.04. The molecule has 4 nitrogen and oxygen atoms in total. The number of amides is 1. The summed E-state index contributed by atoms with van der Waals surface area (Å²) in [4.78, 5) is 26.7. The normalized spacial score (nSPS) is 16.1. The molecule has 2 aromatic rings. The Morgan fingerprint density at radius 3 is 2.90 bits per heavy atom. The zero-order valence-corrected chi connectivity index (χ0v) is 11.5. The number of aromatic nitrogens is 1. The van der Waals surface area contributed by atoms with Crippen LogP contribution in [-0.4, -0.2) is 10.9 Å². The first kappa shape index (κ1) is 12.9. The van der Waals surface area contributed by atoms with Crippen molar-refractivity contribution >= 4 is 16.8 Å². The van der Waals surface area contributed by atoms with Gasteiger partial charge in [0.15, 0.2) is 0 Å². The Bertz CT molecular complexity index is 701. The van der Waals surface area contributed by atoms with Crippen LogP contribution in [0, 0.1) is 11.8 Å². The van der Waals surface area contributed by atoms with Gasteiger partial charge in [0, 0.05) is 23.5 Å². The van der Waals surface area contributed by atoms with Crippen LogP contribution in [-0.2, 0) is 11.3 Å². The summed E-state index contributed by atoms with van der Waals surface area (Å²) in [5.74, 6) is 0.625. The highest BCUT2D eigenvalue weighted by molar-refractivity contribution is 5.80. The van der Waals surface area contributed by atoms with E-state index in [2.05, 4.69) is 10.3 Å². The Balaban J connectivity index is 1.75. The van der Waals surface area contributed by atoms with Gasteiger partial charge in [-0.05, 0) is 36.3 Å². The molecule has 1 heterocycles. The van der Waals surface area contributed by atoms with Crippen molar-refractivity contribution in [2.45, 2.75) is 26.3 Å². The molecule has 1 aromatic carbocycles. The van der Waals surface area contributed by atoms with E-state index < -0.39 is 0 Å². The molecule has 20 heavy (non-hydrogen) atoms. The van der Waals surface area contributed by atoms with Crippen LogP contribution >= 0.6 is 0 Å². The second kappa shape index (κ2) is 5.12. The zero-order chi connectivity index (χ0) is 14.1. The van der Waals surface area contributed by atoms with Crippen LogP contribution in [0.15, 0.2) is 35.1 Å². The molecule has 0 bridgehead atoms. The van der Waals surface area contributed by atoms with E-state index in [0.29, 0.717) is 11.5 Å². The summed E-state index contributed by atoms with van der Waals surface area (Å²) in [5.41, 5.74) is 1.28. The van der Waals surface area contributed by atoms with E-state index in [1.54, 1.807) is 0 Å². The van der Waals surface area contributed by atoms with E-state index in [0.717, 1.165) is 23.7 Å². The van der Waals surface area contributed by atoms with E-state index in [1.165, 1.54) is 0 Å². The smallest absolute Gasteiger partial charge is 0.253 e. The van der Waals surface area contributed by atoms with Crippen molar-refractivity contribution in [3.8, 4) is 0 Å². The molecular weight excluding hydrogens is 252 g/mol. The summed E-state index contributed by atoms with van der Waals surface area (Å²) in [6.07, 6.45) is 2.29. The standard InChI is InChI=1S/C16H18N2O2/c1-10(11-6-7-11)15(19)17-9-13-8-12-4-2-3-5-14(12)18-16(13)20/h2-5,8,10-11H,6-7,9H2,1H3,(H,17,19)(H,18,20). The van der Waals surface area contributed by atoms with E-state index >= 15 is 0 Å². The van der Waals surface area contributed by atoms with Crippen molar-refractivity contribution in [1.29, 1.82) is 0 Å². The van der Waals surface area contributed by atoms with Crippen molar-refractivity contribution in [3.63, 3.8) is 0 Å². The number of hydrogen-bond acceptors (Lipinski definition) is 2. The van der Waals surface area contributed by atoms with Gasteiger partial charge >= 0.3 is 0 Å². The third kappa shape index (κ3) is 2.59. The van der Waals surface area contributed by atoms with Gasteiger partial charge in [-0.25, -0.2) is 0 Å². The van der Waals surface area contributed by atoms with Crippen molar-refractivity contribution in [2.75, 3.05) is 0 Å². The van der Waals surface area contributed by atoms with Crippen LogP contribution in [0.1, 0.15) is 25.3 Å². The van der Waals surface area contributed by atoms with Crippen LogP contribution in [0.4, 0.5) is 0 Å². The highest BCUT2D eigenvalue weighted by Gasteiger charge is 2.32. The van der Waals surface area contributed by atoms with Gasteiger partial charge in [0.2, 0.25) is 5.91 Å². The number of benzene rings is 1. The number of para-hydroxylation sites is 1. The van der Waals surface area contributed by atoms with Crippen LogP contribution in [0.5, 0.6) is 0 Å². The maximum Gasteiger partial charge on any atom is 0.253 e. The van der Waals surface area contributed by atoms with E-state index in [-0.39, 0.29) is 23.9 Å². The van der Waals surface area contributed by atoms with Crippen LogP contribution in [0.3, 0.4) is 0 Å². The van der Waals surface area contributed by atoms with Gasteiger partial charge in [0.05, 0.1) is 0 Å². The first-order chi connectivity index (χ1) is 9.65. The summed E-state index contributed by atoms with van der Waals surface area (Å²) in [7, 11) is 0. The minimum Gasteiger partial charge on any atom is -0.352 e. The molecule has 2 N–H and O–H groups in total. The minimum atomic E-state index is -0.136. The fourth-order valence-electron chi connectivity index (χ4n) is 2.48. The fraction of sp³-hybridized carbons (Fsp3) is 0.375. The van der Waals surface area contributed by atoms with Gasteiger partial charge in [0.25, 0.3) is 5.56 Å². The SMILES string of the molecule is CC(C(=O)NCc1cc2ccccc2[nH]c1=O)C1CC1. The van der Waals surface area contributed by atoms with Gasteiger partial charge < -0.3 is 10.3 Å². The molecule has 0 aliphatic heterocycles. The molecule has 3 rings (SSSR count). The first-order valence-corrected chi connectivity index (χ1v) is 7.04. The molecule has 1 saturated carbocycles. The minimum absolute atomic E-state index is 0.0417. The second-order valence-electron chi connectivity index (χ2n) is 5.55. The zero-order valence-electron chi connectivity index (χ0n) is 11.5. The summed E-state index contributed by atoms with van der Waals surface area (Å²) in [6.45, 7) is 2.24. The lowest BCUT2D eigenvalue weighted by atomic mass is 10.1. The number of carbonyl (C=O) groups excluding carboxylic acids is 1. The average molecular weight is 270 g/mol. The Morgan fingerprint density at radius 2 is 2.15 bits per heavy atom. The van der Waals surface area contributed by atoms with Gasteiger partial charge in [0.1, 0.15) is 0 Å². The van der Waals surface area contributed by atoms with Crippen molar-refractivity contribution in [2.24, 2.45) is 11.8 Å². The topological polar surface area (TPSA) is 62.0 Å². The Morgan fingerprint density at radius 1 is 1.40 bits per heavy atom. The number of carbonyl (C=O) groups is 1. The van der Waals surface area contributed by atoms with E-state index in [9.17, 15) is 9.59 Å². The highest BCUT2D eigenvalue weighted by atomic mass is 16.2. The van der Waals surface area contributed by atoms with Gasteiger partial charge in [-0.1, -0.05) is 25.1 Å². The summed E-state index contributed by atoms with van der Waals surface area (Å²) in [6, 6.07) is 9.48. The highest BCUT2D eigenvalue weighted by Crippen LogP contribution is 2.36. The predicted octanol–water partition coefficient (Wildman–Crippen LogP) is 2.19. The van der Waals surface area contributed by atoms with Gasteiger partial charge in [-0.3, -0.25) is 9.59 Å². The van der Waals surface area contributed by atoms with E-state index in [4.69, 9.17) is 0 Å². The molecule has 1 amide bonds. The molecule has 0 radical (unpaired) electrons. The maximum atomic E-state index is 12.0. The molecule has 1 unspecified atom stereocenters. The molecule has 1 fully saturated rings. The molecule has 104 valence electrons. The van der Waals surface area contributed by atoms with Crippen molar-refractivity contribution in [3.05, 3.63) is 46.2 Å². The molecule has 1 atom stereocenters. The molecule has 1 aromatic heterocycles. The third-order valence-electron chi connectivity index (χ3n) is 4.03. The molecule has 0 saturated heterocycles. The molecular formula is C16H18N2O2. The van der Waals surface area contributed by atoms with Crippen LogP contribution in [0.25, 0.3) is 10.9 Å². The second-order valence-corrected chi connectivity index (χ2v) is 5.55. The van der Waals surface area contributed by atoms with Gasteiger partial charge in [-0.15, -0.1) is 0 Å². The Labute approximate surface area is 117 Å². The van der Waals surface area contributed by atoms with Crippen LogP contribution in [0.2, 0.25) is 0 Å². The summed E-state index contributed by atoms with van der Waals surface area (Å²) >= 11 is 0. The number of aromatic amines is 1. The molecule has 1 aliphatic rings. The number of rotatable bonds is 4. The number of nitrogens with one attached hydrogen (secondary N) is 2. The van der Waals surface area contributed by atoms with Gasteiger partial charge in [-0.2, -0.15) is 0 Å². The number of fused-ring (bicyclic) bond motifs is 1.